The maximum atomic E-state index is 10.9. The van der Waals surface area contributed by atoms with E-state index in [0.29, 0.717) is 0 Å². The second-order valence-electron chi connectivity index (χ2n) is 2.15. The van der Waals surface area contributed by atoms with Crippen molar-refractivity contribution in [2.24, 2.45) is 0 Å². The Bertz CT molecular complexity index is 341. The van der Waals surface area contributed by atoms with Gasteiger partial charge in [-0.1, -0.05) is 12.2 Å². The Balaban J connectivity index is 4.62. The zero-order valence-electron chi connectivity index (χ0n) is 6.88. The highest BCUT2D eigenvalue weighted by atomic mass is 32.3. The van der Waals surface area contributed by atoms with Gasteiger partial charge in [0.1, 0.15) is 11.5 Å². The molecule has 0 bridgehead atoms. The van der Waals surface area contributed by atoms with E-state index in [2.05, 4.69) is 17.3 Å². The first-order valence-electron chi connectivity index (χ1n) is 3.24. The molecule has 7 heteroatoms. The Morgan fingerprint density at radius 1 is 0.923 bits per heavy atom. The number of rotatable bonds is 6. The molecule has 0 saturated carbocycles. The molecular formula is C6H10NO4S2+. The van der Waals surface area contributed by atoms with Crippen LogP contribution in [0, 0.1) is 0 Å². The van der Waals surface area contributed by atoms with E-state index in [1.54, 1.807) is 0 Å². The minimum atomic E-state index is -3.94. The van der Waals surface area contributed by atoms with E-state index in [-0.39, 0.29) is 0 Å². The first-order chi connectivity index (χ1) is 5.83. The van der Waals surface area contributed by atoms with Crippen molar-refractivity contribution < 1.29 is 16.8 Å². The molecule has 0 saturated heterocycles. The van der Waals surface area contributed by atoms with Gasteiger partial charge in [0.2, 0.25) is 0 Å². The molecule has 0 aliphatic carbocycles. The predicted molar refractivity (Wildman–Crippen MR) is 50.1 cm³/mol. The molecule has 0 aromatic heterocycles. The molecule has 0 aliphatic heterocycles. The Morgan fingerprint density at radius 3 is 1.46 bits per heavy atom. The summed E-state index contributed by atoms with van der Waals surface area (Å²) in [7, 11) is -7.88. The van der Waals surface area contributed by atoms with E-state index in [0.717, 1.165) is 12.2 Å². The Morgan fingerprint density at radius 2 is 1.23 bits per heavy atom. The molecule has 0 atom stereocenters. The molecule has 0 amide bonds. The van der Waals surface area contributed by atoms with Crippen molar-refractivity contribution in [2.45, 2.75) is 0 Å². The quantitative estimate of drug-likeness (QED) is 0.576. The first-order valence-corrected chi connectivity index (χ1v) is 6.46. The van der Waals surface area contributed by atoms with E-state index in [4.69, 9.17) is 0 Å². The van der Waals surface area contributed by atoms with Crippen LogP contribution in [0.1, 0.15) is 0 Å². The molecule has 0 fully saturated rings. The van der Waals surface area contributed by atoms with E-state index in [1.165, 1.54) is 0 Å². The minimum absolute atomic E-state index is 0.483. The van der Waals surface area contributed by atoms with Gasteiger partial charge in [0.05, 0.1) is 0 Å². The van der Waals surface area contributed by atoms with Gasteiger partial charge < -0.3 is 0 Å². The molecule has 0 N–H and O–H groups in total. The monoisotopic (exact) mass is 224 g/mol. The van der Waals surface area contributed by atoms with Crippen molar-refractivity contribution in [3.8, 4) is 0 Å². The Hall–Kier alpha value is -0.660. The summed E-state index contributed by atoms with van der Waals surface area (Å²) < 4.78 is 46.2. The van der Waals surface area contributed by atoms with Crippen LogP contribution in [0.3, 0.4) is 0 Å². The van der Waals surface area contributed by atoms with Crippen LogP contribution in [0.5, 0.6) is 0 Å². The standard InChI is InChI=1S/C6H10NO4S2/c1-3-5-12(8,9)7-13(10,11)6-4-2/h3-4H,1-2,5-6H2/q+1. The van der Waals surface area contributed by atoms with Gasteiger partial charge in [-0.2, -0.15) is 16.8 Å². The summed E-state index contributed by atoms with van der Waals surface area (Å²) in [4.78, 5) is 0. The molecule has 5 nitrogen and oxygen atoms in total. The fraction of sp³-hybridized carbons (Fsp3) is 0.333. The lowest BCUT2D eigenvalue weighted by molar-refractivity contribution is 0.579. The second-order valence-corrected chi connectivity index (χ2v) is 5.74. The van der Waals surface area contributed by atoms with Gasteiger partial charge in [0, 0.05) is 0 Å². The lowest BCUT2D eigenvalue weighted by atomic mass is 10.8. The molecule has 74 valence electrons. The number of hydrogen-bond donors (Lipinski definition) is 0. The van der Waals surface area contributed by atoms with Crippen LogP contribution in [-0.4, -0.2) is 28.3 Å². The van der Waals surface area contributed by atoms with Gasteiger partial charge in [-0.3, -0.25) is 0 Å². The molecule has 0 aliphatic rings. The molecule has 13 heavy (non-hydrogen) atoms. The summed E-state index contributed by atoms with van der Waals surface area (Å²) in [6, 6.07) is 0. The van der Waals surface area contributed by atoms with Crippen LogP contribution >= 0.6 is 0 Å². The average Bonchev–Trinajstić information content (AvgIpc) is 1.82. The normalized spacial score (nSPS) is 12.3. The molecule has 0 rings (SSSR count). The fourth-order valence-electron chi connectivity index (χ4n) is 0.532. The summed E-state index contributed by atoms with van der Waals surface area (Å²) in [5.74, 6) is -0.966. The molecule has 0 spiro atoms. The zero-order valence-corrected chi connectivity index (χ0v) is 8.51. The van der Waals surface area contributed by atoms with Crippen LogP contribution in [0.4, 0.5) is 0 Å². The van der Waals surface area contributed by atoms with Gasteiger partial charge in [0.15, 0.2) is 0 Å². The Kier molecular flexibility index (Phi) is 4.31. The highest BCUT2D eigenvalue weighted by Crippen LogP contribution is 1.95. The van der Waals surface area contributed by atoms with Crippen LogP contribution in [0.2, 0.25) is 0 Å². The van der Waals surface area contributed by atoms with Crippen molar-refractivity contribution in [2.75, 3.05) is 11.5 Å². The van der Waals surface area contributed by atoms with Crippen LogP contribution < -0.4 is 4.13 Å². The average molecular weight is 224 g/mol. The lowest BCUT2D eigenvalue weighted by Gasteiger charge is -1.85. The first kappa shape index (κ1) is 12.3. The predicted octanol–water partition coefficient (Wildman–Crippen LogP) is -0.378. The van der Waals surface area contributed by atoms with Crippen molar-refractivity contribution in [1.82, 2.24) is 4.13 Å². The summed E-state index contributed by atoms with van der Waals surface area (Å²) in [6.07, 6.45) is 2.14. The van der Waals surface area contributed by atoms with E-state index in [1.807, 2.05) is 0 Å². The zero-order chi connectivity index (χ0) is 10.5. The van der Waals surface area contributed by atoms with Gasteiger partial charge >= 0.3 is 24.2 Å². The van der Waals surface area contributed by atoms with E-state index < -0.39 is 31.6 Å². The molecular weight excluding hydrogens is 214 g/mol. The molecule has 0 aromatic carbocycles. The van der Waals surface area contributed by atoms with E-state index >= 15 is 0 Å². The fourth-order valence-corrected chi connectivity index (χ4v) is 3.00. The van der Waals surface area contributed by atoms with Gasteiger partial charge in [-0.25, -0.2) is 0 Å². The maximum absolute atomic E-state index is 10.9. The summed E-state index contributed by atoms with van der Waals surface area (Å²) >= 11 is 0. The summed E-state index contributed by atoms with van der Waals surface area (Å²) in [6.45, 7) is 6.34. The van der Waals surface area contributed by atoms with Crippen molar-refractivity contribution >= 4 is 20.0 Å². The molecule has 0 unspecified atom stereocenters. The highest BCUT2D eigenvalue weighted by Gasteiger charge is 2.37. The van der Waals surface area contributed by atoms with Crippen molar-refractivity contribution in [3.05, 3.63) is 25.3 Å². The molecule has 2 radical (unpaired) electrons. The lowest BCUT2D eigenvalue weighted by Crippen LogP contribution is -2.26. The second kappa shape index (κ2) is 4.54. The molecule has 0 aromatic rings. The third-order valence-corrected chi connectivity index (χ3v) is 4.01. The SMILES string of the molecule is C=CCS(=O)(=O)[N+]S(=O)(=O)CC=C. The maximum Gasteiger partial charge on any atom is 0.421 e. The van der Waals surface area contributed by atoms with Gasteiger partial charge in [-0.15, -0.1) is 13.2 Å². The highest BCUT2D eigenvalue weighted by molar-refractivity contribution is 8.04. The largest absolute Gasteiger partial charge is 0.421 e. The summed E-state index contributed by atoms with van der Waals surface area (Å²) in [5.41, 5.74) is 0. The van der Waals surface area contributed by atoms with Gasteiger partial charge in [-0.05, 0) is 0 Å². The third-order valence-electron chi connectivity index (χ3n) is 0.884. The number of hydrogen-bond acceptors (Lipinski definition) is 4. The van der Waals surface area contributed by atoms with Crippen molar-refractivity contribution in [3.63, 3.8) is 0 Å². The Labute approximate surface area is 78.3 Å². The third kappa shape index (κ3) is 5.56. The van der Waals surface area contributed by atoms with Crippen molar-refractivity contribution in [1.29, 1.82) is 0 Å². The minimum Gasteiger partial charge on any atom is -0.161 e. The van der Waals surface area contributed by atoms with Crippen LogP contribution in [-0.2, 0) is 20.0 Å². The van der Waals surface area contributed by atoms with Crippen LogP contribution in [0.25, 0.3) is 0 Å². The van der Waals surface area contributed by atoms with E-state index in [9.17, 15) is 16.8 Å². The molecule has 0 heterocycles. The topological polar surface area (TPSA) is 82.4 Å². The van der Waals surface area contributed by atoms with Gasteiger partial charge in [0.25, 0.3) is 0 Å². The van der Waals surface area contributed by atoms with Crippen LogP contribution in [0.15, 0.2) is 25.3 Å². The number of sulfonamides is 2. The number of nitrogens with zero attached hydrogens (tertiary/aromatic N) is 1. The summed E-state index contributed by atoms with van der Waals surface area (Å²) in [5, 5.41) is 0. The smallest absolute Gasteiger partial charge is 0.161 e.